The van der Waals surface area contributed by atoms with E-state index in [9.17, 15) is 4.79 Å². The molecule has 98 valence electrons. The van der Waals surface area contributed by atoms with Gasteiger partial charge in [-0.05, 0) is 29.3 Å². The van der Waals surface area contributed by atoms with Crippen molar-refractivity contribution < 1.29 is 4.79 Å². The summed E-state index contributed by atoms with van der Waals surface area (Å²) in [6.07, 6.45) is 6.92. The van der Waals surface area contributed by atoms with Crippen LogP contribution in [0.25, 0.3) is 0 Å². The number of pyridine rings is 2. The minimum atomic E-state index is -0.0297. The molecule has 2 heterocycles. The number of hydrogen-bond donors (Lipinski definition) is 2. The predicted molar refractivity (Wildman–Crippen MR) is 72.0 cm³/mol. The lowest BCUT2D eigenvalue weighted by molar-refractivity contribution is -0.120. The summed E-state index contributed by atoms with van der Waals surface area (Å²) in [6.45, 7) is 1.45. The van der Waals surface area contributed by atoms with Crippen molar-refractivity contribution in [2.45, 2.75) is 13.1 Å². The van der Waals surface area contributed by atoms with Crippen molar-refractivity contribution in [1.29, 1.82) is 0 Å². The van der Waals surface area contributed by atoms with Crippen LogP contribution in [0.1, 0.15) is 11.1 Å². The first-order valence-electron chi connectivity index (χ1n) is 6.10. The van der Waals surface area contributed by atoms with Gasteiger partial charge in [-0.1, -0.05) is 6.07 Å². The molecule has 5 heteroatoms. The first-order chi connectivity index (χ1) is 9.34. The van der Waals surface area contributed by atoms with Crippen LogP contribution in [-0.2, 0) is 17.9 Å². The SMILES string of the molecule is O=C(CNCc1ccncc1)NCc1cccnc1. The second kappa shape index (κ2) is 7.23. The van der Waals surface area contributed by atoms with Crippen LogP contribution in [0.15, 0.2) is 49.1 Å². The number of rotatable bonds is 6. The fourth-order valence-corrected chi connectivity index (χ4v) is 1.59. The molecule has 0 unspecified atom stereocenters. The highest BCUT2D eigenvalue weighted by molar-refractivity contribution is 5.77. The highest BCUT2D eigenvalue weighted by Crippen LogP contribution is 1.95. The number of carbonyl (C=O) groups excluding carboxylic acids is 1. The summed E-state index contributed by atoms with van der Waals surface area (Å²) in [5, 5.41) is 5.91. The van der Waals surface area contributed by atoms with Crippen LogP contribution in [0, 0.1) is 0 Å². The molecule has 0 radical (unpaired) electrons. The number of nitrogens with zero attached hydrogens (tertiary/aromatic N) is 2. The smallest absolute Gasteiger partial charge is 0.234 e. The van der Waals surface area contributed by atoms with Crippen LogP contribution in [-0.4, -0.2) is 22.4 Å². The normalized spacial score (nSPS) is 10.1. The monoisotopic (exact) mass is 256 g/mol. The molecule has 0 spiro atoms. The van der Waals surface area contributed by atoms with Gasteiger partial charge in [0.15, 0.2) is 0 Å². The van der Waals surface area contributed by atoms with Crippen molar-refractivity contribution in [3.63, 3.8) is 0 Å². The summed E-state index contributed by atoms with van der Waals surface area (Å²) in [5.41, 5.74) is 2.10. The van der Waals surface area contributed by atoms with Gasteiger partial charge in [-0.2, -0.15) is 0 Å². The molecule has 0 bridgehead atoms. The Hall–Kier alpha value is -2.27. The lowest BCUT2D eigenvalue weighted by Crippen LogP contribution is -2.33. The molecule has 0 aromatic carbocycles. The lowest BCUT2D eigenvalue weighted by atomic mass is 10.2. The van der Waals surface area contributed by atoms with E-state index in [4.69, 9.17) is 0 Å². The maximum Gasteiger partial charge on any atom is 0.234 e. The van der Waals surface area contributed by atoms with E-state index in [0.717, 1.165) is 11.1 Å². The van der Waals surface area contributed by atoms with Gasteiger partial charge in [0.1, 0.15) is 0 Å². The van der Waals surface area contributed by atoms with E-state index in [-0.39, 0.29) is 5.91 Å². The van der Waals surface area contributed by atoms with Crippen LogP contribution < -0.4 is 10.6 Å². The molecule has 0 saturated heterocycles. The van der Waals surface area contributed by atoms with Crippen LogP contribution in [0.2, 0.25) is 0 Å². The van der Waals surface area contributed by atoms with Crippen LogP contribution in [0.5, 0.6) is 0 Å². The van der Waals surface area contributed by atoms with Crippen LogP contribution >= 0.6 is 0 Å². The van der Waals surface area contributed by atoms with E-state index in [2.05, 4.69) is 20.6 Å². The minimum Gasteiger partial charge on any atom is -0.351 e. The molecule has 2 aromatic rings. The Balaban J connectivity index is 1.65. The van der Waals surface area contributed by atoms with Gasteiger partial charge in [0.25, 0.3) is 0 Å². The third-order valence-electron chi connectivity index (χ3n) is 2.58. The minimum absolute atomic E-state index is 0.0297. The molecule has 0 atom stereocenters. The summed E-state index contributed by atoms with van der Waals surface area (Å²) in [5.74, 6) is -0.0297. The summed E-state index contributed by atoms with van der Waals surface area (Å²) in [4.78, 5) is 19.5. The molecule has 0 fully saturated rings. The molecule has 19 heavy (non-hydrogen) atoms. The van der Waals surface area contributed by atoms with Gasteiger partial charge >= 0.3 is 0 Å². The number of aromatic nitrogens is 2. The largest absolute Gasteiger partial charge is 0.351 e. The summed E-state index contributed by atoms with van der Waals surface area (Å²) in [7, 11) is 0. The van der Waals surface area contributed by atoms with Gasteiger partial charge in [-0.15, -0.1) is 0 Å². The molecular formula is C14H16N4O. The van der Waals surface area contributed by atoms with Gasteiger partial charge in [0, 0.05) is 37.9 Å². The first-order valence-corrected chi connectivity index (χ1v) is 6.10. The van der Waals surface area contributed by atoms with Gasteiger partial charge in [-0.3, -0.25) is 14.8 Å². The Kier molecular flexibility index (Phi) is 5.01. The molecule has 5 nitrogen and oxygen atoms in total. The highest BCUT2D eigenvalue weighted by atomic mass is 16.1. The zero-order valence-electron chi connectivity index (χ0n) is 10.5. The maximum atomic E-state index is 11.6. The topological polar surface area (TPSA) is 66.9 Å². The number of nitrogens with one attached hydrogen (secondary N) is 2. The molecular weight excluding hydrogens is 240 g/mol. The lowest BCUT2D eigenvalue weighted by Gasteiger charge is -2.06. The van der Waals surface area contributed by atoms with Crippen molar-refractivity contribution >= 4 is 5.91 Å². The van der Waals surface area contributed by atoms with Crippen LogP contribution in [0.3, 0.4) is 0 Å². The third kappa shape index (κ3) is 4.85. The fourth-order valence-electron chi connectivity index (χ4n) is 1.59. The molecule has 0 aliphatic carbocycles. The van der Waals surface area contributed by atoms with Crippen molar-refractivity contribution in [2.75, 3.05) is 6.54 Å². The second-order valence-corrected chi connectivity index (χ2v) is 4.10. The molecule has 0 aliphatic heterocycles. The molecule has 0 saturated carbocycles. The van der Waals surface area contributed by atoms with E-state index < -0.39 is 0 Å². The number of hydrogen-bond acceptors (Lipinski definition) is 4. The van der Waals surface area contributed by atoms with E-state index in [1.165, 1.54) is 0 Å². The summed E-state index contributed by atoms with van der Waals surface area (Å²) >= 11 is 0. The predicted octanol–water partition coefficient (Wildman–Crippen LogP) is 0.883. The quantitative estimate of drug-likeness (QED) is 0.805. The Morgan fingerprint density at radius 3 is 2.58 bits per heavy atom. The van der Waals surface area contributed by atoms with Crippen molar-refractivity contribution in [3.8, 4) is 0 Å². The Morgan fingerprint density at radius 2 is 1.84 bits per heavy atom. The van der Waals surface area contributed by atoms with Gasteiger partial charge in [0.05, 0.1) is 6.54 Å². The molecule has 1 amide bonds. The molecule has 2 rings (SSSR count). The highest BCUT2D eigenvalue weighted by Gasteiger charge is 2.00. The van der Waals surface area contributed by atoms with E-state index in [1.54, 1.807) is 24.8 Å². The molecule has 2 N–H and O–H groups in total. The van der Waals surface area contributed by atoms with Gasteiger partial charge in [-0.25, -0.2) is 0 Å². The Labute approximate surface area is 112 Å². The second-order valence-electron chi connectivity index (χ2n) is 4.10. The average Bonchev–Trinajstić information content (AvgIpc) is 2.47. The standard InChI is InChI=1S/C14H16N4O/c19-14(18-10-13-2-1-5-16-9-13)11-17-8-12-3-6-15-7-4-12/h1-7,9,17H,8,10-11H2,(H,18,19). The van der Waals surface area contributed by atoms with E-state index in [0.29, 0.717) is 19.6 Å². The fraction of sp³-hybridized carbons (Fsp3) is 0.214. The first kappa shape index (κ1) is 13.2. The number of carbonyl (C=O) groups is 1. The number of amides is 1. The Morgan fingerprint density at radius 1 is 1.00 bits per heavy atom. The zero-order valence-corrected chi connectivity index (χ0v) is 10.5. The van der Waals surface area contributed by atoms with Gasteiger partial charge in [0.2, 0.25) is 5.91 Å². The molecule has 0 aliphatic rings. The Bertz CT molecular complexity index is 501. The van der Waals surface area contributed by atoms with E-state index in [1.807, 2.05) is 24.3 Å². The summed E-state index contributed by atoms with van der Waals surface area (Å²) in [6, 6.07) is 7.61. The molecule has 2 aromatic heterocycles. The zero-order chi connectivity index (χ0) is 13.3. The van der Waals surface area contributed by atoms with Crippen molar-refractivity contribution in [1.82, 2.24) is 20.6 Å². The van der Waals surface area contributed by atoms with Crippen LogP contribution in [0.4, 0.5) is 0 Å². The maximum absolute atomic E-state index is 11.6. The third-order valence-corrected chi connectivity index (χ3v) is 2.58. The van der Waals surface area contributed by atoms with E-state index >= 15 is 0 Å². The average molecular weight is 256 g/mol. The summed E-state index contributed by atoms with van der Waals surface area (Å²) < 4.78 is 0. The van der Waals surface area contributed by atoms with Crippen molar-refractivity contribution in [3.05, 3.63) is 60.2 Å². The van der Waals surface area contributed by atoms with Crippen molar-refractivity contribution in [2.24, 2.45) is 0 Å². The van der Waals surface area contributed by atoms with Gasteiger partial charge < -0.3 is 10.6 Å².